The van der Waals surface area contributed by atoms with Crippen LogP contribution in [-0.4, -0.2) is 40.9 Å². The summed E-state index contributed by atoms with van der Waals surface area (Å²) in [4.78, 5) is 43.9. The quantitative estimate of drug-likeness (QED) is 0.142. The third-order valence-corrected chi connectivity index (χ3v) is 5.25. The van der Waals surface area contributed by atoms with E-state index in [0.717, 1.165) is 11.4 Å². The van der Waals surface area contributed by atoms with Crippen LogP contribution in [0.25, 0.3) is 0 Å². The Bertz CT molecular complexity index is 1420. The topological polar surface area (TPSA) is 185 Å². The van der Waals surface area contributed by atoms with Crippen molar-refractivity contribution < 1.29 is 29.4 Å². The van der Waals surface area contributed by atoms with Gasteiger partial charge in [0.25, 0.3) is 5.91 Å². The van der Waals surface area contributed by atoms with Crippen molar-refractivity contribution in [2.24, 2.45) is 0 Å². The molecule has 206 valence electrons. The number of amides is 1. The molecule has 0 heterocycles. The Labute approximate surface area is 231 Å². The SMILES string of the molecule is CNc1cccc(NC(=O)c2ccc(C(C)=O)cc2)c1.Nc1cccc(N)c1.O=C(O)c1ccc(C(=O)O)cc1. The predicted molar refractivity (Wildman–Crippen MR) is 156 cm³/mol. The number of nitrogens with two attached hydrogens (primary N) is 2. The number of Topliss-reactive ketones (excluding diaryl/α,β-unsaturated/α-hetero) is 1. The van der Waals surface area contributed by atoms with Crippen molar-refractivity contribution in [3.8, 4) is 0 Å². The largest absolute Gasteiger partial charge is 0.478 e. The molecule has 4 aromatic carbocycles. The zero-order chi connectivity index (χ0) is 29.7. The maximum atomic E-state index is 12.1. The van der Waals surface area contributed by atoms with Crippen molar-refractivity contribution in [3.63, 3.8) is 0 Å². The van der Waals surface area contributed by atoms with Crippen molar-refractivity contribution in [1.29, 1.82) is 0 Å². The molecule has 0 aliphatic rings. The average molecular weight is 543 g/mol. The van der Waals surface area contributed by atoms with Gasteiger partial charge in [0.15, 0.2) is 5.78 Å². The summed E-state index contributed by atoms with van der Waals surface area (Å²) in [7, 11) is 1.82. The fourth-order valence-electron chi connectivity index (χ4n) is 3.13. The average Bonchev–Trinajstić information content (AvgIpc) is 2.93. The minimum absolute atomic E-state index is 0.0151. The summed E-state index contributed by atoms with van der Waals surface area (Å²) >= 11 is 0. The molecular weight excluding hydrogens is 512 g/mol. The predicted octanol–water partition coefficient (Wildman–Crippen LogP) is 5.12. The van der Waals surface area contributed by atoms with Crippen LogP contribution in [0.3, 0.4) is 0 Å². The van der Waals surface area contributed by atoms with Gasteiger partial charge in [-0.2, -0.15) is 0 Å². The highest BCUT2D eigenvalue weighted by Gasteiger charge is 2.08. The normalized spacial score (nSPS) is 9.55. The molecule has 0 radical (unpaired) electrons. The number of carbonyl (C=O) groups is 4. The number of carbonyl (C=O) groups excluding carboxylic acids is 2. The van der Waals surface area contributed by atoms with Crippen molar-refractivity contribution in [1.82, 2.24) is 0 Å². The van der Waals surface area contributed by atoms with Crippen LogP contribution in [0.4, 0.5) is 22.7 Å². The smallest absolute Gasteiger partial charge is 0.335 e. The first-order chi connectivity index (χ1) is 19.0. The lowest BCUT2D eigenvalue weighted by Crippen LogP contribution is -2.12. The number of carboxylic acid groups (broad SMARTS) is 2. The van der Waals surface area contributed by atoms with Crippen molar-refractivity contribution in [2.75, 3.05) is 29.1 Å². The lowest BCUT2D eigenvalue weighted by molar-refractivity contribution is 0.0681. The first-order valence-corrected chi connectivity index (χ1v) is 11.9. The minimum atomic E-state index is -1.06. The zero-order valence-corrected chi connectivity index (χ0v) is 21.9. The van der Waals surface area contributed by atoms with Gasteiger partial charge in [0, 0.05) is 40.9 Å². The molecule has 4 rings (SSSR count). The summed E-state index contributed by atoms with van der Waals surface area (Å²) in [6, 6.07) is 26.2. The molecule has 0 aromatic heterocycles. The highest BCUT2D eigenvalue weighted by molar-refractivity contribution is 6.05. The highest BCUT2D eigenvalue weighted by atomic mass is 16.4. The zero-order valence-electron chi connectivity index (χ0n) is 21.9. The number of aromatic carboxylic acids is 2. The van der Waals surface area contributed by atoms with Crippen LogP contribution in [0.1, 0.15) is 48.4 Å². The molecular formula is C30H30N4O6. The molecule has 0 unspecified atom stereocenters. The highest BCUT2D eigenvalue weighted by Crippen LogP contribution is 2.16. The van der Waals surface area contributed by atoms with Gasteiger partial charge in [-0.05, 0) is 79.7 Å². The number of rotatable bonds is 6. The third kappa shape index (κ3) is 10.0. The Hall–Kier alpha value is -5.64. The summed E-state index contributed by atoms with van der Waals surface area (Å²) in [5.74, 6) is -2.34. The standard InChI is InChI=1S/C16H16N2O2.C8H6O4.C6H8N2/c1-11(19)12-6-8-13(9-7-12)16(20)18-15-5-3-4-14(10-15)17-2;9-7(10)5-1-2-6(4-3-5)8(11)12;7-5-2-1-3-6(8)4-5/h3-10,17H,1-2H3,(H,18,20);1-4H,(H,9,10)(H,11,12);1-4H,7-8H2. The van der Waals surface area contributed by atoms with Crippen LogP contribution in [0, 0.1) is 0 Å². The molecule has 0 spiro atoms. The van der Waals surface area contributed by atoms with Crippen molar-refractivity contribution in [3.05, 3.63) is 119 Å². The lowest BCUT2D eigenvalue weighted by atomic mass is 10.1. The second-order valence-electron chi connectivity index (χ2n) is 8.28. The number of benzene rings is 4. The lowest BCUT2D eigenvalue weighted by Gasteiger charge is -2.07. The van der Waals surface area contributed by atoms with E-state index >= 15 is 0 Å². The van der Waals surface area contributed by atoms with Crippen molar-refractivity contribution in [2.45, 2.75) is 6.92 Å². The van der Waals surface area contributed by atoms with Crippen LogP contribution in [0.15, 0.2) is 97.1 Å². The van der Waals surface area contributed by atoms with Crippen molar-refractivity contribution >= 4 is 46.4 Å². The maximum Gasteiger partial charge on any atom is 0.335 e. The van der Waals surface area contributed by atoms with Gasteiger partial charge in [0.1, 0.15) is 0 Å². The molecule has 1 amide bonds. The first-order valence-electron chi connectivity index (χ1n) is 11.9. The van der Waals surface area contributed by atoms with Crippen LogP contribution in [0.5, 0.6) is 0 Å². The molecule has 40 heavy (non-hydrogen) atoms. The molecule has 0 fully saturated rings. The summed E-state index contributed by atoms with van der Waals surface area (Å²) in [6.07, 6.45) is 0. The van der Waals surface area contributed by atoms with E-state index < -0.39 is 11.9 Å². The number of hydrogen-bond acceptors (Lipinski definition) is 7. The van der Waals surface area contributed by atoms with E-state index in [0.29, 0.717) is 22.5 Å². The van der Waals surface area contributed by atoms with E-state index in [1.807, 2.05) is 37.4 Å². The molecule has 10 heteroatoms. The molecule has 0 bridgehead atoms. The van der Waals surface area contributed by atoms with E-state index in [1.54, 1.807) is 42.5 Å². The number of ketones is 1. The molecule has 0 saturated carbocycles. The van der Waals surface area contributed by atoms with Gasteiger partial charge in [0.05, 0.1) is 11.1 Å². The Kier molecular flexibility index (Phi) is 11.4. The Morgan fingerprint density at radius 1 is 0.600 bits per heavy atom. The summed E-state index contributed by atoms with van der Waals surface area (Å²) in [5.41, 5.74) is 15.1. The number of carboxylic acids is 2. The van der Waals surface area contributed by atoms with E-state index in [-0.39, 0.29) is 22.8 Å². The number of nitrogen functional groups attached to an aromatic ring is 2. The Morgan fingerprint density at radius 3 is 1.43 bits per heavy atom. The summed E-state index contributed by atoms with van der Waals surface area (Å²) < 4.78 is 0. The van der Waals surface area contributed by atoms with Gasteiger partial charge in [-0.1, -0.05) is 24.3 Å². The van der Waals surface area contributed by atoms with Gasteiger partial charge < -0.3 is 32.3 Å². The van der Waals surface area contributed by atoms with Gasteiger partial charge >= 0.3 is 11.9 Å². The fraction of sp³-hybridized carbons (Fsp3) is 0.0667. The molecule has 10 nitrogen and oxygen atoms in total. The minimum Gasteiger partial charge on any atom is -0.478 e. The van der Waals surface area contributed by atoms with Crippen LogP contribution >= 0.6 is 0 Å². The molecule has 0 aliphatic carbocycles. The maximum absolute atomic E-state index is 12.1. The van der Waals surface area contributed by atoms with E-state index in [1.165, 1.54) is 31.2 Å². The monoisotopic (exact) mass is 542 g/mol. The molecule has 0 atom stereocenters. The second-order valence-corrected chi connectivity index (χ2v) is 8.28. The Morgan fingerprint density at radius 2 is 1.02 bits per heavy atom. The van der Waals surface area contributed by atoms with Crippen LogP contribution in [-0.2, 0) is 0 Å². The molecule has 0 aliphatic heterocycles. The molecule has 0 saturated heterocycles. The Balaban J connectivity index is 0.000000236. The van der Waals surface area contributed by atoms with E-state index in [9.17, 15) is 19.2 Å². The molecule has 8 N–H and O–H groups in total. The third-order valence-electron chi connectivity index (χ3n) is 5.25. The van der Waals surface area contributed by atoms with Gasteiger partial charge in [0.2, 0.25) is 0 Å². The van der Waals surface area contributed by atoms with E-state index in [4.69, 9.17) is 21.7 Å². The number of nitrogens with one attached hydrogen (secondary N) is 2. The second kappa shape index (κ2) is 14.9. The van der Waals surface area contributed by atoms with Gasteiger partial charge in [-0.15, -0.1) is 0 Å². The first kappa shape index (κ1) is 30.6. The number of hydrogen-bond donors (Lipinski definition) is 6. The fourth-order valence-corrected chi connectivity index (χ4v) is 3.13. The van der Waals surface area contributed by atoms with Gasteiger partial charge in [-0.3, -0.25) is 9.59 Å². The van der Waals surface area contributed by atoms with Crippen LogP contribution < -0.4 is 22.1 Å². The van der Waals surface area contributed by atoms with Gasteiger partial charge in [-0.25, -0.2) is 9.59 Å². The summed E-state index contributed by atoms with van der Waals surface area (Å²) in [6.45, 7) is 1.50. The van der Waals surface area contributed by atoms with E-state index in [2.05, 4.69) is 10.6 Å². The summed E-state index contributed by atoms with van der Waals surface area (Å²) in [5, 5.41) is 22.8. The molecule has 4 aromatic rings. The number of anilines is 4. The van der Waals surface area contributed by atoms with Crippen LogP contribution in [0.2, 0.25) is 0 Å².